The Morgan fingerprint density at radius 3 is 2.56 bits per heavy atom. The third-order valence-corrected chi connectivity index (χ3v) is 3.73. The fraction of sp³-hybridized carbons (Fsp3) is 0.0588. The van der Waals surface area contributed by atoms with Crippen molar-refractivity contribution in [2.24, 2.45) is 0 Å². The summed E-state index contributed by atoms with van der Waals surface area (Å²) in [5.74, 6) is 0.793. The first-order chi connectivity index (χ1) is 12.0. The molecule has 8 heteroatoms. The first-order valence-corrected chi connectivity index (χ1v) is 7.78. The second-order valence-corrected chi connectivity index (χ2v) is 5.57. The third kappa shape index (κ3) is 3.84. The lowest BCUT2D eigenvalue weighted by atomic mass is 10.1. The van der Waals surface area contributed by atoms with Gasteiger partial charge in [-0.05, 0) is 31.2 Å². The number of carbonyl (C=O) groups excluding carboxylic acids is 1. The molecule has 4 N–H and O–H groups in total. The molecule has 0 radical (unpaired) electrons. The number of nitrogens with one attached hydrogen (secondary N) is 2. The lowest BCUT2D eigenvalue weighted by molar-refractivity contribution is 0.101. The molecule has 0 aliphatic carbocycles. The zero-order valence-corrected chi connectivity index (χ0v) is 14.1. The number of hydrogen-bond donors (Lipinski definition) is 3. The lowest BCUT2D eigenvalue weighted by Gasteiger charge is -2.13. The number of anilines is 5. The molecular weight excluding hydrogens is 340 g/mol. The quantitative estimate of drug-likeness (QED) is 0.472. The van der Waals surface area contributed by atoms with Gasteiger partial charge in [0.05, 0.1) is 5.69 Å². The highest BCUT2D eigenvalue weighted by atomic mass is 35.5. The SMILES string of the molecule is CC(=O)c1cccc(Nc2ncnc(Nc3cccnc3Cl)c2N)c1. The molecule has 0 fully saturated rings. The van der Waals surface area contributed by atoms with Gasteiger partial charge in [0.2, 0.25) is 0 Å². The number of hydrogen-bond acceptors (Lipinski definition) is 7. The van der Waals surface area contributed by atoms with E-state index in [1.807, 2.05) is 6.07 Å². The maximum atomic E-state index is 11.5. The summed E-state index contributed by atoms with van der Waals surface area (Å²) in [6, 6.07) is 10.6. The number of benzene rings is 1. The van der Waals surface area contributed by atoms with Gasteiger partial charge >= 0.3 is 0 Å². The average Bonchev–Trinajstić information content (AvgIpc) is 2.60. The van der Waals surface area contributed by atoms with Crippen molar-refractivity contribution in [1.29, 1.82) is 0 Å². The highest BCUT2D eigenvalue weighted by Crippen LogP contribution is 2.30. The van der Waals surface area contributed by atoms with E-state index in [9.17, 15) is 4.79 Å². The van der Waals surface area contributed by atoms with Crippen molar-refractivity contribution >= 4 is 46.1 Å². The number of rotatable bonds is 5. The van der Waals surface area contributed by atoms with E-state index in [-0.39, 0.29) is 5.78 Å². The van der Waals surface area contributed by atoms with Gasteiger partial charge < -0.3 is 16.4 Å². The van der Waals surface area contributed by atoms with Crippen molar-refractivity contribution in [2.45, 2.75) is 6.92 Å². The van der Waals surface area contributed by atoms with Crippen molar-refractivity contribution in [3.63, 3.8) is 0 Å². The van der Waals surface area contributed by atoms with Gasteiger partial charge in [-0.3, -0.25) is 4.79 Å². The Balaban J connectivity index is 1.88. The molecule has 0 unspecified atom stereocenters. The molecule has 0 atom stereocenters. The summed E-state index contributed by atoms with van der Waals surface area (Å²) in [6.45, 7) is 1.51. The predicted molar refractivity (Wildman–Crippen MR) is 98.7 cm³/mol. The number of ketones is 1. The summed E-state index contributed by atoms with van der Waals surface area (Å²) in [7, 11) is 0. The molecule has 2 heterocycles. The average molecular weight is 355 g/mol. The maximum absolute atomic E-state index is 11.5. The number of carbonyl (C=O) groups is 1. The molecule has 0 aliphatic heterocycles. The van der Waals surface area contributed by atoms with Crippen LogP contribution in [0.3, 0.4) is 0 Å². The van der Waals surface area contributed by atoms with E-state index >= 15 is 0 Å². The molecule has 0 spiro atoms. The first kappa shape index (κ1) is 16.7. The molecule has 0 saturated carbocycles. The molecule has 3 rings (SSSR count). The summed E-state index contributed by atoms with van der Waals surface area (Å²) in [5, 5.41) is 6.43. The van der Waals surface area contributed by atoms with Crippen LogP contribution in [-0.4, -0.2) is 20.7 Å². The Bertz CT molecular complexity index is 931. The topological polar surface area (TPSA) is 106 Å². The molecular formula is C17H15ClN6O. The lowest BCUT2D eigenvalue weighted by Crippen LogP contribution is -2.06. The number of pyridine rings is 1. The van der Waals surface area contributed by atoms with E-state index in [4.69, 9.17) is 17.3 Å². The maximum Gasteiger partial charge on any atom is 0.159 e. The largest absolute Gasteiger partial charge is 0.393 e. The number of nitrogen functional groups attached to an aromatic ring is 1. The highest BCUT2D eigenvalue weighted by Gasteiger charge is 2.11. The van der Waals surface area contributed by atoms with Crippen LogP contribution in [-0.2, 0) is 0 Å². The Morgan fingerprint density at radius 2 is 1.84 bits per heavy atom. The monoisotopic (exact) mass is 354 g/mol. The molecule has 0 bridgehead atoms. The Kier molecular flexibility index (Phi) is 4.76. The molecule has 7 nitrogen and oxygen atoms in total. The second kappa shape index (κ2) is 7.14. The van der Waals surface area contributed by atoms with Gasteiger partial charge in [0.1, 0.15) is 12.0 Å². The fourth-order valence-electron chi connectivity index (χ4n) is 2.15. The van der Waals surface area contributed by atoms with Crippen molar-refractivity contribution in [1.82, 2.24) is 15.0 Å². The van der Waals surface area contributed by atoms with Crippen LogP contribution < -0.4 is 16.4 Å². The van der Waals surface area contributed by atoms with Gasteiger partial charge in [-0.2, -0.15) is 0 Å². The highest BCUT2D eigenvalue weighted by molar-refractivity contribution is 6.32. The molecule has 3 aromatic rings. The van der Waals surface area contributed by atoms with Crippen LogP contribution in [0.5, 0.6) is 0 Å². The summed E-state index contributed by atoms with van der Waals surface area (Å²) in [4.78, 5) is 23.8. The second-order valence-electron chi connectivity index (χ2n) is 5.21. The minimum atomic E-state index is -0.0205. The van der Waals surface area contributed by atoms with E-state index in [1.165, 1.54) is 13.3 Å². The molecule has 2 aromatic heterocycles. The van der Waals surface area contributed by atoms with Crippen LogP contribution >= 0.6 is 11.6 Å². The van der Waals surface area contributed by atoms with E-state index in [1.54, 1.807) is 36.5 Å². The fourth-order valence-corrected chi connectivity index (χ4v) is 2.32. The van der Waals surface area contributed by atoms with Gasteiger partial charge in [0, 0.05) is 17.4 Å². The summed E-state index contributed by atoms with van der Waals surface area (Å²) < 4.78 is 0. The van der Waals surface area contributed by atoms with Gasteiger partial charge in [0.25, 0.3) is 0 Å². The summed E-state index contributed by atoms with van der Waals surface area (Å²) in [6.07, 6.45) is 2.96. The third-order valence-electron chi connectivity index (χ3n) is 3.43. The van der Waals surface area contributed by atoms with Crippen molar-refractivity contribution in [2.75, 3.05) is 16.4 Å². The first-order valence-electron chi connectivity index (χ1n) is 7.40. The van der Waals surface area contributed by atoms with E-state index in [0.717, 1.165) is 0 Å². The number of halogens is 1. The Hall–Kier alpha value is -3.19. The molecule has 25 heavy (non-hydrogen) atoms. The minimum Gasteiger partial charge on any atom is -0.393 e. The molecule has 126 valence electrons. The summed E-state index contributed by atoms with van der Waals surface area (Å²) >= 11 is 6.04. The zero-order chi connectivity index (χ0) is 17.8. The van der Waals surface area contributed by atoms with Gasteiger partial charge in [-0.25, -0.2) is 15.0 Å². The van der Waals surface area contributed by atoms with Gasteiger partial charge in [-0.1, -0.05) is 23.7 Å². The van der Waals surface area contributed by atoms with Crippen LogP contribution in [0.25, 0.3) is 0 Å². The van der Waals surface area contributed by atoms with E-state index < -0.39 is 0 Å². The molecule has 1 aromatic carbocycles. The van der Waals surface area contributed by atoms with Crippen LogP contribution in [0.2, 0.25) is 5.15 Å². The van der Waals surface area contributed by atoms with E-state index in [2.05, 4.69) is 25.6 Å². The summed E-state index contributed by atoms with van der Waals surface area (Å²) in [5.41, 5.74) is 8.34. The molecule has 0 aliphatic rings. The van der Waals surface area contributed by atoms with Crippen LogP contribution in [0.1, 0.15) is 17.3 Å². The number of nitrogens with two attached hydrogens (primary N) is 1. The molecule has 0 saturated heterocycles. The van der Waals surface area contributed by atoms with Crippen molar-refractivity contribution in [3.05, 3.63) is 59.6 Å². The molecule has 0 amide bonds. The normalized spacial score (nSPS) is 10.3. The van der Waals surface area contributed by atoms with Crippen LogP contribution in [0.15, 0.2) is 48.9 Å². The minimum absolute atomic E-state index is 0.0205. The Labute approximate surface area is 149 Å². The van der Waals surface area contributed by atoms with Crippen LogP contribution in [0, 0.1) is 0 Å². The van der Waals surface area contributed by atoms with E-state index in [0.29, 0.717) is 39.4 Å². The van der Waals surface area contributed by atoms with Gasteiger partial charge in [0.15, 0.2) is 22.6 Å². The van der Waals surface area contributed by atoms with Gasteiger partial charge in [-0.15, -0.1) is 0 Å². The van der Waals surface area contributed by atoms with Crippen LogP contribution in [0.4, 0.5) is 28.7 Å². The number of nitrogens with zero attached hydrogens (tertiary/aromatic N) is 3. The Morgan fingerprint density at radius 1 is 1.08 bits per heavy atom. The number of aromatic nitrogens is 3. The van der Waals surface area contributed by atoms with Crippen molar-refractivity contribution in [3.8, 4) is 0 Å². The van der Waals surface area contributed by atoms with Crippen molar-refractivity contribution < 1.29 is 4.79 Å². The standard InChI is InChI=1S/C17H15ClN6O/c1-10(25)11-4-2-5-12(8-11)23-16-14(19)17(22-9-21-16)24-13-6-3-7-20-15(13)18/h2-9H,19H2,1H3,(H2,21,22,23,24). The number of Topliss-reactive ketones (excluding diaryl/α,β-unsaturated/α-hetero) is 1. The zero-order valence-electron chi connectivity index (χ0n) is 13.3. The smallest absolute Gasteiger partial charge is 0.159 e. The predicted octanol–water partition coefficient (Wildman–Crippen LogP) is 3.80.